The van der Waals surface area contributed by atoms with Crippen LogP contribution in [0.25, 0.3) is 0 Å². The van der Waals surface area contributed by atoms with Gasteiger partial charge in [-0.15, -0.1) is 0 Å². The summed E-state index contributed by atoms with van der Waals surface area (Å²) in [6.45, 7) is 2.64. The van der Waals surface area contributed by atoms with E-state index in [4.69, 9.17) is 10.5 Å². The molecule has 0 aliphatic rings. The summed E-state index contributed by atoms with van der Waals surface area (Å²) in [6, 6.07) is 7.92. The Morgan fingerprint density at radius 3 is 2.60 bits per heavy atom. The molecule has 2 rings (SSSR count). The summed E-state index contributed by atoms with van der Waals surface area (Å²) in [6.07, 6.45) is 9.06. The van der Waals surface area contributed by atoms with Crippen LogP contribution in [0.3, 0.4) is 0 Å². The van der Waals surface area contributed by atoms with Crippen LogP contribution in [-0.2, 0) is 11.2 Å². The first-order chi connectivity index (χ1) is 9.77. The molecule has 20 heavy (non-hydrogen) atoms. The zero-order chi connectivity index (χ0) is 14.2. The Kier molecular flexibility index (Phi) is 5.65. The Labute approximate surface area is 120 Å². The SMILES string of the molecule is CC(N)C(OCCCc1ccncc1)c1cccnc1. The molecule has 4 nitrogen and oxygen atoms in total. The predicted molar refractivity (Wildman–Crippen MR) is 79.1 cm³/mol. The van der Waals surface area contributed by atoms with Gasteiger partial charge in [0.1, 0.15) is 0 Å². The van der Waals surface area contributed by atoms with Crippen molar-refractivity contribution in [3.05, 3.63) is 60.2 Å². The maximum atomic E-state index is 6.00. The predicted octanol–water partition coefficient (Wildman–Crippen LogP) is 2.51. The Balaban J connectivity index is 1.82. The summed E-state index contributed by atoms with van der Waals surface area (Å²) in [5.41, 5.74) is 8.31. The first kappa shape index (κ1) is 14.6. The molecule has 2 unspecified atom stereocenters. The molecular formula is C16H21N3O. The van der Waals surface area contributed by atoms with Gasteiger partial charge in [-0.1, -0.05) is 6.07 Å². The van der Waals surface area contributed by atoms with Crippen LogP contribution < -0.4 is 5.73 Å². The van der Waals surface area contributed by atoms with Gasteiger partial charge in [0, 0.05) is 43.0 Å². The monoisotopic (exact) mass is 271 g/mol. The minimum Gasteiger partial charge on any atom is -0.372 e. The van der Waals surface area contributed by atoms with Gasteiger partial charge in [-0.25, -0.2) is 0 Å². The Bertz CT molecular complexity index is 488. The van der Waals surface area contributed by atoms with E-state index in [0.717, 1.165) is 18.4 Å². The van der Waals surface area contributed by atoms with E-state index in [2.05, 4.69) is 9.97 Å². The van der Waals surface area contributed by atoms with Crippen LogP contribution in [0.5, 0.6) is 0 Å². The molecule has 106 valence electrons. The number of aryl methyl sites for hydroxylation is 1. The van der Waals surface area contributed by atoms with Gasteiger partial charge in [-0.3, -0.25) is 9.97 Å². The summed E-state index contributed by atoms with van der Waals surface area (Å²) >= 11 is 0. The van der Waals surface area contributed by atoms with Crippen LogP contribution in [0.4, 0.5) is 0 Å². The highest BCUT2D eigenvalue weighted by Gasteiger charge is 2.16. The fourth-order valence-electron chi connectivity index (χ4n) is 2.13. The molecule has 0 saturated carbocycles. The van der Waals surface area contributed by atoms with Crippen molar-refractivity contribution in [2.45, 2.75) is 31.9 Å². The number of rotatable bonds is 7. The number of ether oxygens (including phenoxy) is 1. The van der Waals surface area contributed by atoms with Crippen molar-refractivity contribution in [2.24, 2.45) is 5.73 Å². The van der Waals surface area contributed by atoms with Crippen molar-refractivity contribution >= 4 is 0 Å². The lowest BCUT2D eigenvalue weighted by Gasteiger charge is -2.21. The highest BCUT2D eigenvalue weighted by atomic mass is 16.5. The third kappa shape index (κ3) is 4.40. The molecule has 2 N–H and O–H groups in total. The van der Waals surface area contributed by atoms with Crippen LogP contribution in [0.2, 0.25) is 0 Å². The van der Waals surface area contributed by atoms with Gasteiger partial charge in [0.05, 0.1) is 6.10 Å². The lowest BCUT2D eigenvalue weighted by molar-refractivity contribution is 0.0367. The highest BCUT2D eigenvalue weighted by molar-refractivity contribution is 5.14. The number of nitrogens with zero attached hydrogens (tertiary/aromatic N) is 2. The molecule has 2 heterocycles. The maximum absolute atomic E-state index is 6.00. The van der Waals surface area contributed by atoms with E-state index < -0.39 is 0 Å². The van der Waals surface area contributed by atoms with E-state index >= 15 is 0 Å². The van der Waals surface area contributed by atoms with Gasteiger partial charge in [0.15, 0.2) is 0 Å². The molecule has 0 amide bonds. The molecule has 2 atom stereocenters. The minimum absolute atomic E-state index is 0.0554. The number of hydrogen-bond donors (Lipinski definition) is 1. The highest BCUT2D eigenvalue weighted by Crippen LogP contribution is 2.19. The quantitative estimate of drug-likeness (QED) is 0.786. The Morgan fingerprint density at radius 1 is 1.15 bits per heavy atom. The standard InChI is InChI=1S/C16H21N3O/c1-13(17)16(15-5-2-8-19-12-15)20-11-3-4-14-6-9-18-10-7-14/h2,5-10,12-13,16H,3-4,11,17H2,1H3. The van der Waals surface area contributed by atoms with E-state index in [9.17, 15) is 0 Å². The molecule has 0 aliphatic heterocycles. The van der Waals surface area contributed by atoms with Crippen LogP contribution in [0, 0.1) is 0 Å². The van der Waals surface area contributed by atoms with Crippen molar-refractivity contribution in [2.75, 3.05) is 6.61 Å². The molecule has 0 spiro atoms. The van der Waals surface area contributed by atoms with Gasteiger partial charge < -0.3 is 10.5 Å². The third-order valence-electron chi connectivity index (χ3n) is 3.15. The van der Waals surface area contributed by atoms with Crippen molar-refractivity contribution in [1.82, 2.24) is 9.97 Å². The molecule has 0 aromatic carbocycles. The maximum Gasteiger partial charge on any atom is 0.0987 e. The normalized spacial score (nSPS) is 13.9. The van der Waals surface area contributed by atoms with Crippen LogP contribution >= 0.6 is 0 Å². The largest absolute Gasteiger partial charge is 0.372 e. The molecular weight excluding hydrogens is 250 g/mol. The second-order valence-electron chi connectivity index (χ2n) is 4.90. The molecule has 0 saturated heterocycles. The lowest BCUT2D eigenvalue weighted by Crippen LogP contribution is -2.27. The zero-order valence-electron chi connectivity index (χ0n) is 11.8. The zero-order valence-corrected chi connectivity index (χ0v) is 11.8. The van der Waals surface area contributed by atoms with Crippen LogP contribution in [0.1, 0.15) is 30.6 Å². The number of pyridine rings is 2. The molecule has 2 aromatic rings. The summed E-state index contributed by atoms with van der Waals surface area (Å²) in [5, 5.41) is 0. The molecule has 2 aromatic heterocycles. The second kappa shape index (κ2) is 7.72. The average Bonchev–Trinajstić information content (AvgIpc) is 2.49. The van der Waals surface area contributed by atoms with Gasteiger partial charge in [0.2, 0.25) is 0 Å². The molecule has 0 bridgehead atoms. The summed E-state index contributed by atoms with van der Waals surface area (Å²) < 4.78 is 5.93. The molecule has 0 fully saturated rings. The Morgan fingerprint density at radius 2 is 1.95 bits per heavy atom. The fraction of sp³-hybridized carbons (Fsp3) is 0.375. The van der Waals surface area contributed by atoms with Gasteiger partial charge in [0.25, 0.3) is 0 Å². The topological polar surface area (TPSA) is 61.0 Å². The lowest BCUT2D eigenvalue weighted by atomic mass is 10.1. The minimum atomic E-state index is -0.0962. The van der Waals surface area contributed by atoms with E-state index in [1.54, 1.807) is 6.20 Å². The second-order valence-corrected chi connectivity index (χ2v) is 4.90. The van der Waals surface area contributed by atoms with Crippen molar-refractivity contribution < 1.29 is 4.74 Å². The van der Waals surface area contributed by atoms with E-state index in [1.165, 1.54) is 5.56 Å². The molecule has 0 aliphatic carbocycles. The Hall–Kier alpha value is -1.78. The van der Waals surface area contributed by atoms with Crippen molar-refractivity contribution in [3.8, 4) is 0 Å². The summed E-state index contributed by atoms with van der Waals surface area (Å²) in [7, 11) is 0. The average molecular weight is 271 g/mol. The number of nitrogens with two attached hydrogens (primary N) is 1. The summed E-state index contributed by atoms with van der Waals surface area (Å²) in [4.78, 5) is 8.13. The van der Waals surface area contributed by atoms with Crippen LogP contribution in [0.15, 0.2) is 49.1 Å². The fourth-order valence-corrected chi connectivity index (χ4v) is 2.13. The summed E-state index contributed by atoms with van der Waals surface area (Å²) in [5.74, 6) is 0. The third-order valence-corrected chi connectivity index (χ3v) is 3.15. The first-order valence-corrected chi connectivity index (χ1v) is 6.93. The van der Waals surface area contributed by atoms with Gasteiger partial charge in [-0.2, -0.15) is 0 Å². The van der Waals surface area contributed by atoms with Gasteiger partial charge in [-0.05, 0) is 43.5 Å². The van der Waals surface area contributed by atoms with E-state index in [1.807, 2.05) is 49.8 Å². The van der Waals surface area contributed by atoms with Gasteiger partial charge >= 0.3 is 0 Å². The van der Waals surface area contributed by atoms with E-state index in [0.29, 0.717) is 6.61 Å². The van der Waals surface area contributed by atoms with E-state index in [-0.39, 0.29) is 12.1 Å². The first-order valence-electron chi connectivity index (χ1n) is 6.93. The van der Waals surface area contributed by atoms with Crippen molar-refractivity contribution in [3.63, 3.8) is 0 Å². The number of aromatic nitrogens is 2. The number of hydrogen-bond acceptors (Lipinski definition) is 4. The van der Waals surface area contributed by atoms with Crippen molar-refractivity contribution in [1.29, 1.82) is 0 Å². The molecule has 4 heteroatoms. The smallest absolute Gasteiger partial charge is 0.0987 e. The van der Waals surface area contributed by atoms with Crippen LogP contribution in [-0.4, -0.2) is 22.6 Å². The molecule has 0 radical (unpaired) electrons.